The molecule has 0 aliphatic heterocycles. The summed E-state index contributed by atoms with van der Waals surface area (Å²) in [5.74, 6) is 0.615. The highest BCUT2D eigenvalue weighted by atomic mass is 19.4. The molecule has 194 valence electrons. The van der Waals surface area contributed by atoms with Crippen molar-refractivity contribution in [2.75, 3.05) is 25.6 Å². The topological polar surface area (TPSA) is 72.0 Å². The molecule has 4 rings (SSSR count). The molecule has 0 aliphatic rings. The molecule has 0 saturated heterocycles. The largest absolute Gasteiger partial charge is 0.418 e. The number of nitrogens with one attached hydrogen (secondary N) is 2. The van der Waals surface area contributed by atoms with Crippen LogP contribution in [0.5, 0.6) is 0 Å². The first-order chi connectivity index (χ1) is 17.6. The second kappa shape index (κ2) is 10.7. The van der Waals surface area contributed by atoms with E-state index in [1.54, 1.807) is 13.2 Å². The molecule has 2 aromatic heterocycles. The number of aromatic nitrogens is 3. The molecule has 37 heavy (non-hydrogen) atoms. The Labute approximate surface area is 207 Å². The minimum Gasteiger partial charge on any atom is -0.383 e. The number of pyridine rings is 1. The smallest absolute Gasteiger partial charge is 0.383 e. The Hall–Kier alpha value is -3.77. The molecule has 0 atom stereocenters. The van der Waals surface area contributed by atoms with Gasteiger partial charge < -0.3 is 15.4 Å². The van der Waals surface area contributed by atoms with Gasteiger partial charge in [-0.25, -0.2) is 9.97 Å². The Morgan fingerprint density at radius 3 is 2.32 bits per heavy atom. The van der Waals surface area contributed by atoms with Gasteiger partial charge in [0.15, 0.2) is 0 Å². The standard InChI is InChI=1S/C25H21F6N5O/c1-37-12-11-32-14-21-35-20-13-15(22-19(25(29,30)31)3-2-10-33-22)4-9-18(20)23(36-21)34-17-7-5-16(6-8-17)24(26,27)28/h2-10,13,32H,11-12,14H2,1H3,(H,34,35,36). The van der Waals surface area contributed by atoms with E-state index in [9.17, 15) is 26.3 Å². The molecule has 0 bridgehead atoms. The van der Waals surface area contributed by atoms with Crippen molar-refractivity contribution < 1.29 is 31.1 Å². The van der Waals surface area contributed by atoms with Crippen molar-refractivity contribution in [1.29, 1.82) is 0 Å². The zero-order valence-corrected chi connectivity index (χ0v) is 19.4. The van der Waals surface area contributed by atoms with Crippen LogP contribution < -0.4 is 10.6 Å². The molecule has 2 N–H and O–H groups in total. The normalized spacial score (nSPS) is 12.2. The number of benzene rings is 2. The third-order valence-electron chi connectivity index (χ3n) is 5.37. The fourth-order valence-corrected chi connectivity index (χ4v) is 3.62. The highest BCUT2D eigenvalue weighted by molar-refractivity contribution is 5.93. The van der Waals surface area contributed by atoms with Crippen LogP contribution in [0.3, 0.4) is 0 Å². The molecule has 2 heterocycles. The van der Waals surface area contributed by atoms with E-state index in [-0.39, 0.29) is 23.6 Å². The fraction of sp³-hybridized carbons (Fsp3) is 0.240. The maximum Gasteiger partial charge on any atom is 0.418 e. The number of ether oxygens (including phenoxy) is 1. The molecule has 0 aliphatic carbocycles. The number of rotatable bonds is 8. The van der Waals surface area contributed by atoms with Gasteiger partial charge >= 0.3 is 12.4 Å². The number of methoxy groups -OCH3 is 1. The molecule has 12 heteroatoms. The van der Waals surface area contributed by atoms with Gasteiger partial charge in [-0.05, 0) is 48.5 Å². The molecule has 0 amide bonds. The van der Waals surface area contributed by atoms with Crippen molar-refractivity contribution >= 4 is 22.4 Å². The molecule has 2 aromatic carbocycles. The minimum atomic E-state index is -4.60. The van der Waals surface area contributed by atoms with E-state index >= 15 is 0 Å². The van der Waals surface area contributed by atoms with E-state index in [4.69, 9.17) is 4.74 Å². The maximum absolute atomic E-state index is 13.6. The number of anilines is 2. The molecule has 0 fully saturated rings. The number of alkyl halides is 6. The van der Waals surface area contributed by atoms with E-state index in [1.165, 1.54) is 36.5 Å². The zero-order valence-electron chi connectivity index (χ0n) is 19.4. The van der Waals surface area contributed by atoms with Crippen molar-refractivity contribution in [2.24, 2.45) is 0 Å². The average Bonchev–Trinajstić information content (AvgIpc) is 2.85. The summed E-state index contributed by atoms with van der Waals surface area (Å²) in [4.78, 5) is 12.9. The van der Waals surface area contributed by atoms with Crippen molar-refractivity contribution in [1.82, 2.24) is 20.3 Å². The summed E-state index contributed by atoms with van der Waals surface area (Å²) in [6, 6.07) is 11.1. The van der Waals surface area contributed by atoms with Crippen molar-refractivity contribution in [3.8, 4) is 11.3 Å². The number of hydrogen-bond acceptors (Lipinski definition) is 6. The summed E-state index contributed by atoms with van der Waals surface area (Å²) in [6.45, 7) is 1.17. The van der Waals surface area contributed by atoms with Crippen LogP contribution >= 0.6 is 0 Å². The molecule has 0 saturated carbocycles. The SMILES string of the molecule is COCCNCc1nc(Nc2ccc(C(F)(F)F)cc2)c2ccc(-c3ncccc3C(F)(F)F)cc2n1. The number of halogens is 6. The summed E-state index contributed by atoms with van der Waals surface area (Å²) in [5, 5.41) is 6.56. The predicted octanol–water partition coefficient (Wildman–Crippen LogP) is 6.21. The highest BCUT2D eigenvalue weighted by Crippen LogP contribution is 2.37. The zero-order chi connectivity index (χ0) is 26.6. The van der Waals surface area contributed by atoms with Crippen LogP contribution in [0.4, 0.5) is 37.8 Å². The van der Waals surface area contributed by atoms with Crippen LogP contribution in [-0.2, 0) is 23.6 Å². The summed E-state index contributed by atoms with van der Waals surface area (Å²) >= 11 is 0. The summed E-state index contributed by atoms with van der Waals surface area (Å²) in [7, 11) is 1.55. The summed E-state index contributed by atoms with van der Waals surface area (Å²) in [5.41, 5.74) is -1.03. The third-order valence-corrected chi connectivity index (χ3v) is 5.37. The number of fused-ring (bicyclic) bond motifs is 1. The van der Waals surface area contributed by atoms with E-state index in [2.05, 4.69) is 25.6 Å². The highest BCUT2D eigenvalue weighted by Gasteiger charge is 2.34. The first kappa shape index (κ1) is 26.3. The molecule has 0 unspecified atom stereocenters. The van der Waals surface area contributed by atoms with E-state index in [0.29, 0.717) is 35.6 Å². The van der Waals surface area contributed by atoms with Gasteiger partial charge in [0.2, 0.25) is 0 Å². The Bertz CT molecular complexity index is 1370. The van der Waals surface area contributed by atoms with Gasteiger partial charge in [-0.3, -0.25) is 4.98 Å². The van der Waals surface area contributed by atoms with Gasteiger partial charge in [0.25, 0.3) is 0 Å². The van der Waals surface area contributed by atoms with Gasteiger partial charge in [0.05, 0.1) is 35.5 Å². The predicted molar refractivity (Wildman–Crippen MR) is 126 cm³/mol. The first-order valence-electron chi connectivity index (χ1n) is 11.0. The van der Waals surface area contributed by atoms with Crippen LogP contribution in [0.2, 0.25) is 0 Å². The second-order valence-electron chi connectivity index (χ2n) is 7.99. The summed E-state index contributed by atoms with van der Waals surface area (Å²) < 4.78 is 84.5. The lowest BCUT2D eigenvalue weighted by Crippen LogP contribution is -2.20. The lowest BCUT2D eigenvalue weighted by Gasteiger charge is -2.15. The monoisotopic (exact) mass is 521 g/mol. The molecule has 0 radical (unpaired) electrons. The van der Waals surface area contributed by atoms with E-state index in [1.807, 2.05) is 0 Å². The van der Waals surface area contributed by atoms with Crippen LogP contribution in [-0.4, -0.2) is 35.2 Å². The van der Waals surface area contributed by atoms with E-state index < -0.39 is 23.5 Å². The Morgan fingerprint density at radius 2 is 1.65 bits per heavy atom. The maximum atomic E-state index is 13.6. The third kappa shape index (κ3) is 6.33. The van der Waals surface area contributed by atoms with E-state index in [0.717, 1.165) is 18.2 Å². The molecular formula is C25H21F6N5O. The quantitative estimate of drug-likeness (QED) is 0.212. The lowest BCUT2D eigenvalue weighted by molar-refractivity contribution is -0.138. The fourth-order valence-electron chi connectivity index (χ4n) is 3.62. The van der Waals surface area contributed by atoms with Crippen LogP contribution in [0.25, 0.3) is 22.2 Å². The summed E-state index contributed by atoms with van der Waals surface area (Å²) in [6.07, 6.45) is -7.80. The first-order valence-corrected chi connectivity index (χ1v) is 11.0. The van der Waals surface area contributed by atoms with Gasteiger partial charge in [-0.15, -0.1) is 0 Å². The molecule has 4 aromatic rings. The van der Waals surface area contributed by atoms with Gasteiger partial charge in [-0.2, -0.15) is 26.3 Å². The minimum absolute atomic E-state index is 0.206. The Kier molecular flexibility index (Phi) is 7.60. The number of nitrogens with zero attached hydrogens (tertiary/aromatic N) is 3. The average molecular weight is 521 g/mol. The lowest BCUT2D eigenvalue weighted by atomic mass is 10.0. The van der Waals surface area contributed by atoms with Gasteiger partial charge in [0.1, 0.15) is 11.6 Å². The molecule has 6 nitrogen and oxygen atoms in total. The van der Waals surface area contributed by atoms with Crippen LogP contribution in [0.15, 0.2) is 60.8 Å². The van der Waals surface area contributed by atoms with Crippen LogP contribution in [0, 0.1) is 0 Å². The Balaban J connectivity index is 1.75. The number of hydrogen-bond donors (Lipinski definition) is 2. The molecule has 0 spiro atoms. The van der Waals surface area contributed by atoms with Crippen molar-refractivity contribution in [3.63, 3.8) is 0 Å². The molecular weight excluding hydrogens is 500 g/mol. The van der Waals surface area contributed by atoms with Gasteiger partial charge in [-0.1, -0.05) is 6.07 Å². The van der Waals surface area contributed by atoms with Crippen molar-refractivity contribution in [3.05, 3.63) is 77.7 Å². The van der Waals surface area contributed by atoms with Gasteiger partial charge in [0, 0.05) is 36.5 Å². The van der Waals surface area contributed by atoms with Crippen molar-refractivity contribution in [2.45, 2.75) is 18.9 Å². The van der Waals surface area contributed by atoms with Crippen LogP contribution in [0.1, 0.15) is 17.0 Å². The Morgan fingerprint density at radius 1 is 0.892 bits per heavy atom. The second-order valence-corrected chi connectivity index (χ2v) is 7.99.